The van der Waals surface area contributed by atoms with Gasteiger partial charge in [-0.3, -0.25) is 0 Å². The van der Waals surface area contributed by atoms with Gasteiger partial charge in [-0.2, -0.15) is 0 Å². The van der Waals surface area contributed by atoms with Crippen molar-refractivity contribution >= 4 is 17.4 Å². The number of carbonyl (C=O) groups is 1. The number of nitrogens with one attached hydrogen (secondary N) is 2. The average molecular weight is 245 g/mol. The molecule has 0 aromatic heterocycles. The van der Waals surface area contributed by atoms with Gasteiger partial charge in [0, 0.05) is 17.4 Å². The summed E-state index contributed by atoms with van der Waals surface area (Å²) in [5.41, 5.74) is 7.08. The highest BCUT2D eigenvalue weighted by Crippen LogP contribution is 2.44. The smallest absolute Gasteiger partial charge is 0.319 e. The van der Waals surface area contributed by atoms with Gasteiger partial charge in [0.2, 0.25) is 0 Å². The number of fused-ring (bicyclic) bond motifs is 2. The average Bonchev–Trinajstić information content (AvgIpc) is 2.90. The Kier molecular flexibility index (Phi) is 2.86. The quantitative estimate of drug-likeness (QED) is 0.701. The number of urea groups is 1. The van der Waals surface area contributed by atoms with E-state index in [1.165, 1.54) is 19.3 Å². The number of amides is 2. The highest BCUT2D eigenvalue weighted by molar-refractivity contribution is 5.89. The maximum absolute atomic E-state index is 11.9. The maximum Gasteiger partial charge on any atom is 0.319 e. The second kappa shape index (κ2) is 4.52. The Balaban J connectivity index is 1.56. The van der Waals surface area contributed by atoms with Crippen LogP contribution in [0.15, 0.2) is 24.3 Å². The second-order valence-electron chi connectivity index (χ2n) is 5.51. The number of benzene rings is 1. The van der Waals surface area contributed by atoms with Crippen LogP contribution in [-0.4, -0.2) is 12.1 Å². The van der Waals surface area contributed by atoms with E-state index < -0.39 is 0 Å². The minimum atomic E-state index is -0.113. The number of anilines is 2. The van der Waals surface area contributed by atoms with Crippen molar-refractivity contribution in [2.24, 2.45) is 11.8 Å². The molecule has 0 heterocycles. The summed E-state index contributed by atoms with van der Waals surface area (Å²) in [6.45, 7) is 0. The zero-order valence-electron chi connectivity index (χ0n) is 10.4. The minimum absolute atomic E-state index is 0.113. The third-order valence-electron chi connectivity index (χ3n) is 4.20. The molecule has 3 rings (SSSR count). The van der Waals surface area contributed by atoms with E-state index in [0.717, 1.165) is 18.0 Å². The molecule has 0 aliphatic heterocycles. The summed E-state index contributed by atoms with van der Waals surface area (Å²) < 4.78 is 0. The van der Waals surface area contributed by atoms with Gasteiger partial charge in [0.1, 0.15) is 0 Å². The predicted octanol–water partition coefficient (Wildman–Crippen LogP) is 2.58. The molecule has 1 aromatic carbocycles. The molecule has 0 spiro atoms. The van der Waals surface area contributed by atoms with Crippen LogP contribution in [0, 0.1) is 11.8 Å². The lowest BCUT2D eigenvalue weighted by Crippen LogP contribution is -2.40. The molecular weight excluding hydrogens is 226 g/mol. The zero-order chi connectivity index (χ0) is 12.5. The van der Waals surface area contributed by atoms with Crippen molar-refractivity contribution in [1.82, 2.24) is 5.32 Å². The molecule has 2 bridgehead atoms. The van der Waals surface area contributed by atoms with E-state index >= 15 is 0 Å². The zero-order valence-corrected chi connectivity index (χ0v) is 10.4. The van der Waals surface area contributed by atoms with Crippen LogP contribution < -0.4 is 16.4 Å². The first kappa shape index (κ1) is 11.4. The Morgan fingerprint density at radius 3 is 2.83 bits per heavy atom. The van der Waals surface area contributed by atoms with Crippen molar-refractivity contribution < 1.29 is 4.79 Å². The monoisotopic (exact) mass is 245 g/mol. The number of rotatable bonds is 2. The van der Waals surface area contributed by atoms with E-state index in [0.29, 0.717) is 17.6 Å². The number of hydrogen-bond donors (Lipinski definition) is 3. The van der Waals surface area contributed by atoms with Gasteiger partial charge in [0.25, 0.3) is 0 Å². The summed E-state index contributed by atoms with van der Waals surface area (Å²) in [6, 6.07) is 7.50. The van der Waals surface area contributed by atoms with Crippen LogP contribution in [0.5, 0.6) is 0 Å². The van der Waals surface area contributed by atoms with Gasteiger partial charge >= 0.3 is 6.03 Å². The third kappa shape index (κ3) is 2.28. The van der Waals surface area contributed by atoms with E-state index in [9.17, 15) is 4.79 Å². The molecule has 4 N–H and O–H groups in total. The lowest BCUT2D eigenvalue weighted by molar-refractivity contribution is 0.242. The molecule has 96 valence electrons. The van der Waals surface area contributed by atoms with E-state index in [1.807, 2.05) is 12.1 Å². The number of carbonyl (C=O) groups excluding carboxylic acids is 1. The van der Waals surface area contributed by atoms with Crippen LogP contribution in [0.3, 0.4) is 0 Å². The van der Waals surface area contributed by atoms with Gasteiger partial charge in [-0.05, 0) is 49.3 Å². The number of nitrogens with two attached hydrogens (primary N) is 1. The normalized spacial score (nSPS) is 29.2. The van der Waals surface area contributed by atoms with Crippen LogP contribution in [0.25, 0.3) is 0 Å². The van der Waals surface area contributed by atoms with Crippen molar-refractivity contribution in [3.63, 3.8) is 0 Å². The fourth-order valence-corrected chi connectivity index (χ4v) is 3.37. The minimum Gasteiger partial charge on any atom is -0.399 e. The van der Waals surface area contributed by atoms with Crippen LogP contribution >= 0.6 is 0 Å². The maximum atomic E-state index is 11.9. The van der Waals surface area contributed by atoms with E-state index in [4.69, 9.17) is 5.73 Å². The Labute approximate surface area is 107 Å². The van der Waals surface area contributed by atoms with Gasteiger partial charge in [-0.1, -0.05) is 12.5 Å². The van der Waals surface area contributed by atoms with Gasteiger partial charge in [-0.15, -0.1) is 0 Å². The summed E-state index contributed by atoms with van der Waals surface area (Å²) in [7, 11) is 0. The van der Waals surface area contributed by atoms with Crippen LogP contribution in [0.4, 0.5) is 16.2 Å². The lowest BCUT2D eigenvalue weighted by atomic mass is 9.95. The molecule has 2 aliphatic carbocycles. The fourth-order valence-electron chi connectivity index (χ4n) is 3.37. The molecule has 2 saturated carbocycles. The van der Waals surface area contributed by atoms with Crippen molar-refractivity contribution in [2.75, 3.05) is 11.1 Å². The molecule has 1 aromatic rings. The molecule has 0 radical (unpaired) electrons. The van der Waals surface area contributed by atoms with Gasteiger partial charge in [0.05, 0.1) is 0 Å². The van der Waals surface area contributed by atoms with Crippen LogP contribution in [-0.2, 0) is 0 Å². The van der Waals surface area contributed by atoms with Crippen molar-refractivity contribution in [3.8, 4) is 0 Å². The molecule has 4 nitrogen and oxygen atoms in total. The van der Waals surface area contributed by atoms with Crippen molar-refractivity contribution in [3.05, 3.63) is 24.3 Å². The topological polar surface area (TPSA) is 67.1 Å². The SMILES string of the molecule is Nc1cccc(NC(=O)NC2CC3CCC2C3)c1. The highest BCUT2D eigenvalue weighted by atomic mass is 16.2. The van der Waals surface area contributed by atoms with E-state index in [2.05, 4.69) is 10.6 Å². The molecule has 2 amide bonds. The number of hydrogen-bond acceptors (Lipinski definition) is 2. The summed E-state index contributed by atoms with van der Waals surface area (Å²) in [4.78, 5) is 11.9. The summed E-state index contributed by atoms with van der Waals surface area (Å²) in [5.74, 6) is 1.54. The first-order chi connectivity index (χ1) is 8.70. The van der Waals surface area contributed by atoms with E-state index in [-0.39, 0.29) is 6.03 Å². The fraction of sp³-hybridized carbons (Fsp3) is 0.500. The largest absolute Gasteiger partial charge is 0.399 e. The van der Waals surface area contributed by atoms with Crippen molar-refractivity contribution in [2.45, 2.75) is 31.7 Å². The number of nitrogen functional groups attached to an aromatic ring is 1. The molecule has 3 atom stereocenters. The van der Waals surface area contributed by atoms with Gasteiger partial charge < -0.3 is 16.4 Å². The summed E-state index contributed by atoms with van der Waals surface area (Å²) in [5, 5.41) is 5.93. The summed E-state index contributed by atoms with van der Waals surface area (Å²) in [6.07, 6.45) is 5.06. The predicted molar refractivity (Wildman–Crippen MR) is 72.2 cm³/mol. The van der Waals surface area contributed by atoms with Gasteiger partial charge in [-0.25, -0.2) is 4.79 Å². The Hall–Kier alpha value is -1.71. The van der Waals surface area contributed by atoms with E-state index in [1.54, 1.807) is 12.1 Å². The standard InChI is InChI=1S/C14H19N3O/c15-11-2-1-3-12(8-11)16-14(18)17-13-7-9-4-5-10(13)6-9/h1-3,8-10,13H,4-7,15H2,(H2,16,17,18). The molecule has 2 aliphatic rings. The lowest BCUT2D eigenvalue weighted by Gasteiger charge is -2.23. The van der Waals surface area contributed by atoms with Crippen molar-refractivity contribution in [1.29, 1.82) is 0 Å². The molecule has 3 unspecified atom stereocenters. The molecule has 0 saturated heterocycles. The Morgan fingerprint density at radius 1 is 1.28 bits per heavy atom. The van der Waals surface area contributed by atoms with Crippen LogP contribution in [0.1, 0.15) is 25.7 Å². The first-order valence-electron chi connectivity index (χ1n) is 6.64. The molecular formula is C14H19N3O. The Bertz CT molecular complexity index is 460. The first-order valence-corrected chi connectivity index (χ1v) is 6.64. The Morgan fingerprint density at radius 2 is 2.17 bits per heavy atom. The second-order valence-corrected chi connectivity index (χ2v) is 5.51. The molecule has 18 heavy (non-hydrogen) atoms. The molecule has 4 heteroatoms. The van der Waals surface area contributed by atoms with Gasteiger partial charge in [0.15, 0.2) is 0 Å². The van der Waals surface area contributed by atoms with Crippen LogP contribution in [0.2, 0.25) is 0 Å². The third-order valence-corrected chi connectivity index (χ3v) is 4.20. The highest BCUT2D eigenvalue weighted by Gasteiger charge is 2.40. The molecule has 2 fully saturated rings. The summed E-state index contributed by atoms with van der Waals surface area (Å²) >= 11 is 0.